The van der Waals surface area contributed by atoms with Crippen molar-refractivity contribution < 1.29 is 0 Å². The zero-order valence-corrected chi connectivity index (χ0v) is 7.76. The van der Waals surface area contributed by atoms with E-state index < -0.39 is 0 Å². The molecular weight excluding hydrogens is 128 g/mol. The minimum atomic E-state index is 0.769. The molecular formula is C8H19S+. The van der Waals surface area contributed by atoms with Crippen LogP contribution in [0, 0.1) is 0 Å². The van der Waals surface area contributed by atoms with Gasteiger partial charge in [-0.15, -0.1) is 0 Å². The van der Waals surface area contributed by atoms with Gasteiger partial charge in [-0.3, -0.25) is 0 Å². The highest BCUT2D eigenvalue weighted by atomic mass is 32.2. The van der Waals surface area contributed by atoms with Crippen molar-refractivity contribution in [3.8, 4) is 0 Å². The minimum Gasteiger partial charge on any atom is -0.0609 e. The smallest absolute Gasteiger partial charge is 0.0609 e. The van der Waals surface area contributed by atoms with Crippen molar-refractivity contribution in [2.24, 2.45) is 0 Å². The molecule has 0 aromatic heterocycles. The van der Waals surface area contributed by atoms with E-state index in [4.69, 9.17) is 0 Å². The second kappa shape index (κ2) is 6.47. The van der Waals surface area contributed by atoms with Gasteiger partial charge in [0.2, 0.25) is 0 Å². The lowest BCUT2D eigenvalue weighted by Gasteiger charge is -2.01. The first-order valence-electron chi connectivity index (χ1n) is 3.99. The van der Waals surface area contributed by atoms with E-state index in [-0.39, 0.29) is 0 Å². The maximum atomic E-state index is 2.31. The van der Waals surface area contributed by atoms with E-state index >= 15 is 0 Å². The second-order valence-electron chi connectivity index (χ2n) is 2.31. The van der Waals surface area contributed by atoms with Crippen molar-refractivity contribution in [3.05, 3.63) is 0 Å². The third-order valence-corrected chi connectivity index (χ3v) is 4.18. The summed E-state index contributed by atoms with van der Waals surface area (Å²) in [4.78, 5) is 0. The summed E-state index contributed by atoms with van der Waals surface area (Å²) in [5.74, 6) is 4.33. The van der Waals surface area contributed by atoms with Crippen molar-refractivity contribution in [1.82, 2.24) is 0 Å². The average molecular weight is 147 g/mol. The highest BCUT2D eigenvalue weighted by Gasteiger charge is 2.10. The number of hydrogen-bond acceptors (Lipinski definition) is 0. The van der Waals surface area contributed by atoms with Crippen LogP contribution in [0.5, 0.6) is 0 Å². The number of hydrogen-bond donors (Lipinski definition) is 0. The molecule has 0 bridgehead atoms. The van der Waals surface area contributed by atoms with E-state index in [1.807, 2.05) is 0 Å². The summed E-state index contributed by atoms with van der Waals surface area (Å²) < 4.78 is 0. The van der Waals surface area contributed by atoms with Gasteiger partial charge >= 0.3 is 0 Å². The van der Waals surface area contributed by atoms with E-state index in [0.29, 0.717) is 0 Å². The normalized spacial score (nSPS) is 10.7. The summed E-state index contributed by atoms with van der Waals surface area (Å²) in [6.07, 6.45) is 2.74. The van der Waals surface area contributed by atoms with Gasteiger partial charge in [-0.2, -0.15) is 0 Å². The van der Waals surface area contributed by atoms with Gasteiger partial charge in [-0.1, -0.05) is 13.8 Å². The first kappa shape index (κ1) is 9.35. The Hall–Kier alpha value is 0.350. The van der Waals surface area contributed by atoms with Gasteiger partial charge in [-0.25, -0.2) is 0 Å². The van der Waals surface area contributed by atoms with Gasteiger partial charge in [0.05, 0.1) is 0 Å². The quantitative estimate of drug-likeness (QED) is 0.524. The molecule has 0 heterocycles. The van der Waals surface area contributed by atoms with Crippen LogP contribution in [0.25, 0.3) is 0 Å². The largest absolute Gasteiger partial charge is 0.107 e. The van der Waals surface area contributed by atoms with Crippen LogP contribution < -0.4 is 0 Å². The van der Waals surface area contributed by atoms with Gasteiger partial charge in [0.15, 0.2) is 0 Å². The molecule has 0 N–H and O–H groups in total. The van der Waals surface area contributed by atoms with Gasteiger partial charge in [0.1, 0.15) is 17.3 Å². The minimum absolute atomic E-state index is 0.769. The second-order valence-corrected chi connectivity index (χ2v) is 4.93. The lowest BCUT2D eigenvalue weighted by Crippen LogP contribution is -2.13. The van der Waals surface area contributed by atoms with Crippen LogP contribution in [0.15, 0.2) is 0 Å². The zero-order chi connectivity index (χ0) is 7.11. The fourth-order valence-corrected chi connectivity index (χ4v) is 2.90. The topological polar surface area (TPSA) is 0 Å². The first-order chi connectivity index (χ1) is 4.35. The summed E-state index contributed by atoms with van der Waals surface area (Å²) >= 11 is 0. The first-order valence-corrected chi connectivity index (χ1v) is 5.72. The van der Waals surface area contributed by atoms with E-state index in [1.54, 1.807) is 0 Å². The molecule has 0 amide bonds. The highest BCUT2D eigenvalue weighted by Crippen LogP contribution is 2.00. The predicted molar refractivity (Wildman–Crippen MR) is 48.2 cm³/mol. The summed E-state index contributed by atoms with van der Waals surface area (Å²) in [6, 6.07) is 0. The molecule has 0 spiro atoms. The van der Waals surface area contributed by atoms with Crippen molar-refractivity contribution >= 4 is 10.9 Å². The lowest BCUT2D eigenvalue weighted by molar-refractivity contribution is 1.06. The van der Waals surface area contributed by atoms with Crippen LogP contribution in [-0.4, -0.2) is 17.3 Å². The molecule has 56 valence electrons. The third-order valence-electron chi connectivity index (χ3n) is 1.39. The maximum Gasteiger partial charge on any atom is 0.107 e. The highest BCUT2D eigenvalue weighted by molar-refractivity contribution is 7.96. The van der Waals surface area contributed by atoms with Crippen LogP contribution in [0.3, 0.4) is 0 Å². The monoisotopic (exact) mass is 147 g/mol. The van der Waals surface area contributed by atoms with Gasteiger partial charge < -0.3 is 0 Å². The molecule has 0 aliphatic carbocycles. The molecule has 9 heavy (non-hydrogen) atoms. The van der Waals surface area contributed by atoms with Crippen molar-refractivity contribution in [1.29, 1.82) is 0 Å². The van der Waals surface area contributed by atoms with Gasteiger partial charge in [0, 0.05) is 0 Å². The van der Waals surface area contributed by atoms with E-state index in [2.05, 4.69) is 20.8 Å². The summed E-state index contributed by atoms with van der Waals surface area (Å²) in [7, 11) is 0.769. The molecule has 0 nitrogen and oxygen atoms in total. The molecule has 0 aromatic rings. The van der Waals surface area contributed by atoms with Crippen LogP contribution in [0.4, 0.5) is 0 Å². The Kier molecular flexibility index (Phi) is 6.72. The van der Waals surface area contributed by atoms with Crippen LogP contribution in [-0.2, 0) is 10.9 Å². The zero-order valence-electron chi connectivity index (χ0n) is 6.94. The average Bonchev–Trinajstić information content (AvgIpc) is 1.88. The SMILES string of the molecule is CCC[S+](CC)CCC. The van der Waals surface area contributed by atoms with E-state index in [1.165, 1.54) is 30.1 Å². The molecule has 0 saturated carbocycles. The van der Waals surface area contributed by atoms with Crippen LogP contribution >= 0.6 is 0 Å². The maximum absolute atomic E-state index is 2.31. The van der Waals surface area contributed by atoms with Crippen LogP contribution in [0.1, 0.15) is 33.6 Å². The van der Waals surface area contributed by atoms with Gasteiger partial charge in [0.25, 0.3) is 0 Å². The molecule has 0 aliphatic heterocycles. The molecule has 0 unspecified atom stereocenters. The van der Waals surface area contributed by atoms with Gasteiger partial charge in [-0.05, 0) is 30.7 Å². The summed E-state index contributed by atoms with van der Waals surface area (Å²) in [5.41, 5.74) is 0. The Morgan fingerprint density at radius 2 is 1.33 bits per heavy atom. The van der Waals surface area contributed by atoms with E-state index in [0.717, 1.165) is 10.9 Å². The molecule has 0 saturated heterocycles. The Morgan fingerprint density at radius 3 is 1.56 bits per heavy atom. The Labute approximate surface area is 62.4 Å². The molecule has 0 radical (unpaired) electrons. The summed E-state index contributed by atoms with van der Waals surface area (Å²) in [6.45, 7) is 6.88. The fourth-order valence-electron chi connectivity index (χ4n) is 0.968. The molecule has 0 aromatic carbocycles. The Balaban J connectivity index is 3.18. The molecule has 0 fully saturated rings. The predicted octanol–water partition coefficient (Wildman–Crippen LogP) is 2.44. The van der Waals surface area contributed by atoms with Crippen molar-refractivity contribution in [3.63, 3.8) is 0 Å². The third kappa shape index (κ3) is 4.83. The molecule has 0 aliphatic rings. The fraction of sp³-hybridized carbons (Fsp3) is 1.00. The van der Waals surface area contributed by atoms with E-state index in [9.17, 15) is 0 Å². The Bertz CT molecular complexity index is 46.5. The van der Waals surface area contributed by atoms with Crippen molar-refractivity contribution in [2.75, 3.05) is 17.3 Å². The summed E-state index contributed by atoms with van der Waals surface area (Å²) in [5, 5.41) is 0. The standard InChI is InChI=1S/C8H19S/c1-4-7-9(6-3)8-5-2/h4-8H2,1-3H3/q+1. The molecule has 0 atom stereocenters. The molecule has 1 heteroatoms. The lowest BCUT2D eigenvalue weighted by atomic mass is 10.6. The Morgan fingerprint density at radius 1 is 0.889 bits per heavy atom. The number of rotatable bonds is 5. The van der Waals surface area contributed by atoms with Crippen molar-refractivity contribution in [2.45, 2.75) is 33.6 Å². The van der Waals surface area contributed by atoms with Crippen LogP contribution in [0.2, 0.25) is 0 Å². The molecule has 0 rings (SSSR count).